The van der Waals surface area contributed by atoms with Gasteiger partial charge in [-0.1, -0.05) is 36.4 Å². The van der Waals surface area contributed by atoms with E-state index in [2.05, 4.69) is 51.2 Å². The molecule has 5 rings (SSSR count). The van der Waals surface area contributed by atoms with E-state index in [0.29, 0.717) is 23.6 Å². The van der Waals surface area contributed by atoms with Gasteiger partial charge in [-0.15, -0.1) is 0 Å². The van der Waals surface area contributed by atoms with Crippen LogP contribution in [-0.4, -0.2) is 43.8 Å². The summed E-state index contributed by atoms with van der Waals surface area (Å²) < 4.78 is 19.2. The van der Waals surface area contributed by atoms with E-state index in [1.54, 1.807) is 6.20 Å². The number of aromatic amines is 1. The normalized spacial score (nSPS) is 17.2. The zero-order valence-electron chi connectivity index (χ0n) is 18.2. The summed E-state index contributed by atoms with van der Waals surface area (Å²) in [5.41, 5.74) is 6.18. The standard InChI is InChI=1S/C25H26N4O2S/c1-17-23(16-32(30)25-27-21-9-5-6-10-22(21)28-25)26-12-11-24(17)31-15-20-13-18-7-3-4-8-19(18)14-29(20)2/h3-12,20H,13-16H2,1-2H3,(H,27,28). The van der Waals surface area contributed by atoms with Gasteiger partial charge >= 0.3 is 0 Å². The zero-order valence-corrected chi connectivity index (χ0v) is 19.1. The number of fused-ring (bicyclic) bond motifs is 2. The highest BCUT2D eigenvalue weighted by Crippen LogP contribution is 2.25. The van der Waals surface area contributed by atoms with Gasteiger partial charge in [0.1, 0.15) is 12.4 Å². The van der Waals surface area contributed by atoms with Crippen molar-refractivity contribution < 1.29 is 8.95 Å². The van der Waals surface area contributed by atoms with Crippen molar-refractivity contribution in [1.82, 2.24) is 19.9 Å². The average molecular weight is 447 g/mol. The molecule has 2 aromatic carbocycles. The number of nitrogens with one attached hydrogen (secondary N) is 1. The molecule has 2 unspecified atom stereocenters. The molecular weight excluding hydrogens is 420 g/mol. The predicted molar refractivity (Wildman–Crippen MR) is 126 cm³/mol. The van der Waals surface area contributed by atoms with Crippen molar-refractivity contribution in [2.45, 2.75) is 36.8 Å². The molecule has 1 aliphatic heterocycles. The van der Waals surface area contributed by atoms with Gasteiger partial charge < -0.3 is 9.72 Å². The van der Waals surface area contributed by atoms with Crippen LogP contribution in [0.15, 0.2) is 66.0 Å². The summed E-state index contributed by atoms with van der Waals surface area (Å²) in [7, 11) is 0.827. The van der Waals surface area contributed by atoms with E-state index in [4.69, 9.17) is 4.74 Å². The lowest BCUT2D eigenvalue weighted by molar-refractivity contribution is 0.143. The first-order valence-corrected chi connectivity index (χ1v) is 12.1. The molecule has 1 N–H and O–H groups in total. The molecule has 0 aliphatic carbocycles. The number of hydrogen-bond acceptors (Lipinski definition) is 5. The van der Waals surface area contributed by atoms with Gasteiger partial charge in [0.15, 0.2) is 5.16 Å². The van der Waals surface area contributed by atoms with Crippen molar-refractivity contribution in [3.05, 3.63) is 83.2 Å². The lowest BCUT2D eigenvalue weighted by Crippen LogP contribution is -2.41. The van der Waals surface area contributed by atoms with Crippen LogP contribution in [0.25, 0.3) is 11.0 Å². The van der Waals surface area contributed by atoms with Gasteiger partial charge in [0.25, 0.3) is 0 Å². The second-order valence-electron chi connectivity index (χ2n) is 8.28. The third-order valence-corrected chi connectivity index (χ3v) is 7.32. The van der Waals surface area contributed by atoms with Gasteiger partial charge in [-0.25, -0.2) is 4.98 Å². The molecule has 2 aromatic heterocycles. The van der Waals surface area contributed by atoms with Gasteiger partial charge in [0.05, 0.1) is 33.3 Å². The smallest absolute Gasteiger partial charge is 0.197 e. The Morgan fingerprint density at radius 3 is 2.75 bits per heavy atom. The molecule has 0 bridgehead atoms. The fraction of sp³-hybridized carbons (Fsp3) is 0.280. The van der Waals surface area contributed by atoms with Crippen molar-refractivity contribution in [3.63, 3.8) is 0 Å². The molecule has 6 nitrogen and oxygen atoms in total. The Bertz CT molecular complexity index is 1250. The van der Waals surface area contributed by atoms with E-state index in [0.717, 1.165) is 41.0 Å². The van der Waals surface area contributed by atoms with Crippen LogP contribution in [-0.2, 0) is 29.5 Å². The van der Waals surface area contributed by atoms with Crippen molar-refractivity contribution >= 4 is 21.8 Å². The fourth-order valence-corrected chi connectivity index (χ4v) is 5.28. The van der Waals surface area contributed by atoms with E-state index in [-0.39, 0.29) is 0 Å². The minimum atomic E-state index is -1.32. The van der Waals surface area contributed by atoms with Crippen LogP contribution in [0.1, 0.15) is 22.4 Å². The summed E-state index contributed by atoms with van der Waals surface area (Å²) in [6, 6.07) is 18.5. The van der Waals surface area contributed by atoms with Crippen molar-refractivity contribution in [2.75, 3.05) is 13.7 Å². The lowest BCUT2D eigenvalue weighted by atomic mass is 9.95. The second-order valence-corrected chi connectivity index (χ2v) is 9.65. The van der Waals surface area contributed by atoms with Crippen LogP contribution in [0.2, 0.25) is 0 Å². The van der Waals surface area contributed by atoms with Crippen LogP contribution in [0.3, 0.4) is 0 Å². The van der Waals surface area contributed by atoms with Crippen LogP contribution in [0, 0.1) is 6.92 Å². The van der Waals surface area contributed by atoms with E-state index in [9.17, 15) is 4.21 Å². The van der Waals surface area contributed by atoms with Crippen molar-refractivity contribution in [2.24, 2.45) is 0 Å². The lowest BCUT2D eigenvalue weighted by Gasteiger charge is -2.34. The van der Waals surface area contributed by atoms with Crippen LogP contribution < -0.4 is 4.74 Å². The summed E-state index contributed by atoms with van der Waals surface area (Å²) in [4.78, 5) is 14.4. The van der Waals surface area contributed by atoms with Gasteiger partial charge in [-0.3, -0.25) is 14.1 Å². The Morgan fingerprint density at radius 1 is 1.12 bits per heavy atom. The Balaban J connectivity index is 1.28. The monoisotopic (exact) mass is 446 g/mol. The maximum atomic E-state index is 12.9. The molecule has 2 atom stereocenters. The third-order valence-electron chi connectivity index (χ3n) is 6.16. The predicted octanol–water partition coefficient (Wildman–Crippen LogP) is 4.01. The zero-order chi connectivity index (χ0) is 22.1. The number of hydrogen-bond donors (Lipinski definition) is 1. The molecule has 0 spiro atoms. The summed E-state index contributed by atoms with van der Waals surface area (Å²) in [6.45, 7) is 3.51. The Hall–Kier alpha value is -3.03. The van der Waals surface area contributed by atoms with Crippen LogP contribution in [0.5, 0.6) is 5.75 Å². The van der Waals surface area contributed by atoms with E-state index in [1.165, 1.54) is 11.1 Å². The first-order valence-electron chi connectivity index (χ1n) is 10.8. The van der Waals surface area contributed by atoms with E-state index >= 15 is 0 Å². The van der Waals surface area contributed by atoms with Crippen molar-refractivity contribution in [1.29, 1.82) is 0 Å². The molecule has 7 heteroatoms. The third kappa shape index (κ3) is 4.18. The summed E-state index contributed by atoms with van der Waals surface area (Å²) in [6.07, 6.45) is 2.70. The molecule has 3 heterocycles. The van der Waals surface area contributed by atoms with Crippen LogP contribution in [0.4, 0.5) is 0 Å². The topological polar surface area (TPSA) is 71.1 Å². The summed E-state index contributed by atoms with van der Waals surface area (Å²) >= 11 is 0. The quantitative estimate of drug-likeness (QED) is 0.485. The molecule has 0 saturated heterocycles. The van der Waals surface area contributed by atoms with Crippen LogP contribution >= 0.6 is 0 Å². The van der Waals surface area contributed by atoms with E-state index in [1.807, 2.05) is 37.3 Å². The number of imidazole rings is 1. The number of H-pyrrole nitrogens is 1. The number of benzene rings is 2. The number of likely N-dealkylation sites (N-methyl/N-ethyl adjacent to an activating group) is 1. The van der Waals surface area contributed by atoms with Crippen molar-refractivity contribution in [3.8, 4) is 5.75 Å². The Morgan fingerprint density at radius 2 is 1.91 bits per heavy atom. The highest BCUT2D eigenvalue weighted by atomic mass is 32.2. The highest BCUT2D eigenvalue weighted by molar-refractivity contribution is 7.84. The number of pyridine rings is 1. The minimum absolute atomic E-state index is 0.291. The maximum absolute atomic E-state index is 12.9. The molecule has 32 heavy (non-hydrogen) atoms. The first-order chi connectivity index (χ1) is 15.6. The number of ether oxygens (including phenoxy) is 1. The molecular formula is C25H26N4O2S. The first kappa shape index (κ1) is 20.8. The highest BCUT2D eigenvalue weighted by Gasteiger charge is 2.24. The summed E-state index contributed by atoms with van der Waals surface area (Å²) in [5.74, 6) is 1.09. The van der Waals surface area contributed by atoms with Gasteiger partial charge in [-0.05, 0) is 49.7 Å². The molecule has 0 saturated carbocycles. The number of aromatic nitrogens is 3. The largest absolute Gasteiger partial charge is 0.492 e. The average Bonchev–Trinajstić information content (AvgIpc) is 3.24. The SMILES string of the molecule is Cc1c(OCC2Cc3ccccc3CN2C)ccnc1CS(=O)c1nc2ccccc2[nH]1. The minimum Gasteiger partial charge on any atom is -0.492 e. The molecule has 4 aromatic rings. The molecule has 0 fully saturated rings. The van der Waals surface area contributed by atoms with Gasteiger partial charge in [-0.2, -0.15) is 0 Å². The molecule has 0 amide bonds. The number of nitrogens with zero attached hydrogens (tertiary/aromatic N) is 3. The number of para-hydroxylation sites is 2. The number of rotatable bonds is 6. The fourth-order valence-electron chi connectivity index (χ4n) is 4.18. The Labute approximate surface area is 190 Å². The second kappa shape index (κ2) is 8.84. The van der Waals surface area contributed by atoms with E-state index < -0.39 is 10.8 Å². The van der Waals surface area contributed by atoms with Gasteiger partial charge in [0.2, 0.25) is 0 Å². The maximum Gasteiger partial charge on any atom is 0.197 e. The molecule has 164 valence electrons. The van der Waals surface area contributed by atoms with Gasteiger partial charge in [0, 0.05) is 24.3 Å². The molecule has 1 aliphatic rings. The molecule has 0 radical (unpaired) electrons. The summed E-state index contributed by atoms with van der Waals surface area (Å²) in [5, 5.41) is 0.473. The Kier molecular flexibility index (Phi) is 5.76.